The topological polar surface area (TPSA) is 49.3 Å². The van der Waals surface area contributed by atoms with Crippen LogP contribution in [-0.4, -0.2) is 47.0 Å². The van der Waals surface area contributed by atoms with Crippen molar-refractivity contribution >= 4 is 23.1 Å². The molecule has 0 radical (unpaired) electrons. The number of carbonyl (C=O) groups is 1. The SMILES string of the molecule is Cc1cc(N2CCN(C(=O)c3csc4c3CCC(C)C4)CC2)nc(C(C)C)n1. The van der Waals surface area contributed by atoms with Gasteiger partial charge in [-0.25, -0.2) is 9.97 Å². The molecule has 2 aromatic heterocycles. The van der Waals surface area contributed by atoms with Crippen molar-refractivity contribution in [2.75, 3.05) is 31.1 Å². The Kier molecular flexibility index (Phi) is 5.41. The lowest BCUT2D eigenvalue weighted by molar-refractivity contribution is 0.0745. The number of amides is 1. The van der Waals surface area contributed by atoms with E-state index in [1.807, 2.05) is 11.8 Å². The van der Waals surface area contributed by atoms with E-state index in [0.717, 1.165) is 67.8 Å². The van der Waals surface area contributed by atoms with Crippen molar-refractivity contribution in [3.05, 3.63) is 39.0 Å². The zero-order chi connectivity index (χ0) is 19.8. The first-order valence-electron chi connectivity index (χ1n) is 10.4. The highest BCUT2D eigenvalue weighted by Crippen LogP contribution is 2.33. The maximum atomic E-state index is 13.1. The summed E-state index contributed by atoms with van der Waals surface area (Å²) in [5, 5.41) is 2.10. The van der Waals surface area contributed by atoms with Gasteiger partial charge in [0, 0.05) is 54.1 Å². The molecule has 6 heteroatoms. The molecule has 1 atom stereocenters. The second-order valence-corrected chi connectivity index (χ2v) is 9.52. The first-order valence-corrected chi connectivity index (χ1v) is 11.3. The van der Waals surface area contributed by atoms with Crippen molar-refractivity contribution in [3.8, 4) is 0 Å². The molecule has 4 rings (SSSR count). The van der Waals surface area contributed by atoms with Gasteiger partial charge in [0.15, 0.2) is 0 Å². The number of nitrogens with zero attached hydrogens (tertiary/aromatic N) is 4. The molecule has 1 amide bonds. The minimum atomic E-state index is 0.216. The minimum absolute atomic E-state index is 0.216. The van der Waals surface area contributed by atoms with E-state index in [2.05, 4.69) is 42.1 Å². The predicted octanol–water partition coefficient (Wildman–Crippen LogP) is 4.06. The van der Waals surface area contributed by atoms with Crippen molar-refractivity contribution in [3.63, 3.8) is 0 Å². The van der Waals surface area contributed by atoms with Gasteiger partial charge in [0.25, 0.3) is 5.91 Å². The number of fused-ring (bicyclic) bond motifs is 1. The van der Waals surface area contributed by atoms with Gasteiger partial charge in [0.2, 0.25) is 0 Å². The van der Waals surface area contributed by atoms with E-state index in [0.29, 0.717) is 5.92 Å². The van der Waals surface area contributed by atoms with Gasteiger partial charge in [0.05, 0.1) is 5.56 Å². The van der Waals surface area contributed by atoms with Crippen LogP contribution in [-0.2, 0) is 12.8 Å². The quantitative estimate of drug-likeness (QED) is 0.782. The fraction of sp³-hybridized carbons (Fsp3) is 0.591. The summed E-state index contributed by atoms with van der Waals surface area (Å²) >= 11 is 1.78. The highest BCUT2D eigenvalue weighted by atomic mass is 32.1. The predicted molar refractivity (Wildman–Crippen MR) is 114 cm³/mol. The van der Waals surface area contributed by atoms with Crippen LogP contribution in [0.2, 0.25) is 0 Å². The van der Waals surface area contributed by atoms with Crippen LogP contribution in [0.4, 0.5) is 5.82 Å². The fourth-order valence-electron chi connectivity index (χ4n) is 4.16. The highest BCUT2D eigenvalue weighted by molar-refractivity contribution is 7.10. The van der Waals surface area contributed by atoms with Crippen molar-refractivity contribution in [1.82, 2.24) is 14.9 Å². The Morgan fingerprint density at radius 1 is 1.21 bits per heavy atom. The number of rotatable bonds is 3. The summed E-state index contributed by atoms with van der Waals surface area (Å²) in [6, 6.07) is 2.06. The van der Waals surface area contributed by atoms with Gasteiger partial charge in [-0.15, -0.1) is 11.3 Å². The lowest BCUT2D eigenvalue weighted by Gasteiger charge is -2.36. The molecule has 0 saturated carbocycles. The molecule has 1 saturated heterocycles. The van der Waals surface area contributed by atoms with Gasteiger partial charge < -0.3 is 9.80 Å². The fourth-order valence-corrected chi connectivity index (χ4v) is 5.40. The average molecular weight is 399 g/mol. The van der Waals surface area contributed by atoms with Gasteiger partial charge in [-0.1, -0.05) is 20.8 Å². The Balaban J connectivity index is 1.44. The van der Waals surface area contributed by atoms with Gasteiger partial charge in [-0.3, -0.25) is 4.79 Å². The number of carbonyl (C=O) groups excluding carboxylic acids is 1. The second kappa shape index (κ2) is 7.82. The molecule has 0 spiro atoms. The van der Waals surface area contributed by atoms with Crippen molar-refractivity contribution in [1.29, 1.82) is 0 Å². The molecule has 2 aromatic rings. The van der Waals surface area contributed by atoms with Crippen LogP contribution in [0.1, 0.15) is 65.4 Å². The average Bonchev–Trinajstić information content (AvgIpc) is 3.10. The first-order chi connectivity index (χ1) is 13.4. The number of thiophene rings is 1. The van der Waals surface area contributed by atoms with Crippen molar-refractivity contribution in [2.45, 2.75) is 52.9 Å². The van der Waals surface area contributed by atoms with Crippen LogP contribution in [0.25, 0.3) is 0 Å². The Labute approximate surface area is 171 Å². The standard InChI is InChI=1S/C22H30N4OS/c1-14(2)21-23-16(4)12-20(24-21)25-7-9-26(10-8-25)22(27)18-13-28-19-11-15(3)5-6-17(18)19/h12-15H,5-11H2,1-4H3. The minimum Gasteiger partial charge on any atom is -0.353 e. The zero-order valence-electron chi connectivity index (χ0n) is 17.4. The molecule has 1 aliphatic carbocycles. The van der Waals surface area contributed by atoms with Crippen molar-refractivity contribution < 1.29 is 4.79 Å². The lowest BCUT2D eigenvalue weighted by atomic mass is 9.88. The third-order valence-corrected chi connectivity index (χ3v) is 6.95. The zero-order valence-corrected chi connectivity index (χ0v) is 18.2. The highest BCUT2D eigenvalue weighted by Gasteiger charge is 2.28. The Morgan fingerprint density at radius 3 is 2.68 bits per heavy atom. The molecule has 0 aromatic carbocycles. The third kappa shape index (κ3) is 3.79. The van der Waals surface area contributed by atoms with Gasteiger partial charge in [-0.2, -0.15) is 0 Å². The van der Waals surface area contributed by atoms with Crippen molar-refractivity contribution in [2.24, 2.45) is 5.92 Å². The summed E-state index contributed by atoms with van der Waals surface area (Å²) in [6.07, 6.45) is 3.38. The van der Waals surface area contributed by atoms with Crippen LogP contribution < -0.4 is 4.90 Å². The van der Waals surface area contributed by atoms with Gasteiger partial charge in [0.1, 0.15) is 11.6 Å². The smallest absolute Gasteiger partial charge is 0.255 e. The van der Waals surface area contributed by atoms with E-state index in [1.165, 1.54) is 16.9 Å². The van der Waals surface area contributed by atoms with E-state index in [9.17, 15) is 4.79 Å². The molecular formula is C22H30N4OS. The number of piperazine rings is 1. The maximum Gasteiger partial charge on any atom is 0.255 e. The number of aromatic nitrogens is 2. The molecule has 0 N–H and O–H groups in total. The van der Waals surface area contributed by atoms with Crippen LogP contribution in [0.15, 0.2) is 11.4 Å². The van der Waals surface area contributed by atoms with Gasteiger partial charge >= 0.3 is 0 Å². The number of hydrogen-bond donors (Lipinski definition) is 0. The van der Waals surface area contributed by atoms with E-state index in [1.54, 1.807) is 11.3 Å². The Morgan fingerprint density at radius 2 is 1.96 bits per heavy atom. The molecule has 5 nitrogen and oxygen atoms in total. The number of aryl methyl sites for hydroxylation is 1. The third-order valence-electron chi connectivity index (χ3n) is 5.90. The molecule has 1 aliphatic heterocycles. The molecule has 2 aliphatic rings. The largest absolute Gasteiger partial charge is 0.353 e. The normalized spacial score (nSPS) is 19.8. The number of hydrogen-bond acceptors (Lipinski definition) is 5. The summed E-state index contributed by atoms with van der Waals surface area (Å²) in [4.78, 5) is 28.2. The summed E-state index contributed by atoms with van der Waals surface area (Å²) in [7, 11) is 0. The molecule has 0 bridgehead atoms. The first kappa shape index (κ1) is 19.4. The van der Waals surface area contributed by atoms with E-state index in [-0.39, 0.29) is 5.91 Å². The van der Waals surface area contributed by atoms with E-state index in [4.69, 9.17) is 4.98 Å². The van der Waals surface area contributed by atoms with Crippen LogP contribution >= 0.6 is 11.3 Å². The molecule has 1 unspecified atom stereocenters. The molecule has 1 fully saturated rings. The molecule has 3 heterocycles. The maximum absolute atomic E-state index is 13.1. The molecular weight excluding hydrogens is 368 g/mol. The Bertz CT molecular complexity index is 867. The molecule has 150 valence electrons. The summed E-state index contributed by atoms with van der Waals surface area (Å²) in [5.74, 6) is 3.16. The van der Waals surface area contributed by atoms with E-state index >= 15 is 0 Å². The monoisotopic (exact) mass is 398 g/mol. The summed E-state index contributed by atoms with van der Waals surface area (Å²) in [6.45, 7) is 11.7. The lowest BCUT2D eigenvalue weighted by Crippen LogP contribution is -2.49. The van der Waals surface area contributed by atoms with E-state index < -0.39 is 0 Å². The molecule has 28 heavy (non-hydrogen) atoms. The van der Waals surface area contributed by atoms with Crippen LogP contribution in [0.3, 0.4) is 0 Å². The second-order valence-electron chi connectivity index (χ2n) is 8.56. The number of anilines is 1. The van der Waals surface area contributed by atoms with Gasteiger partial charge in [-0.05, 0) is 37.7 Å². The van der Waals surface area contributed by atoms with Crippen LogP contribution in [0, 0.1) is 12.8 Å². The Hall–Kier alpha value is -1.95. The van der Waals surface area contributed by atoms with Crippen LogP contribution in [0.5, 0.6) is 0 Å². The summed E-state index contributed by atoms with van der Waals surface area (Å²) < 4.78 is 0. The summed E-state index contributed by atoms with van der Waals surface area (Å²) in [5.41, 5.74) is 3.29.